The summed E-state index contributed by atoms with van der Waals surface area (Å²) in [6.07, 6.45) is 6.12. The van der Waals surface area contributed by atoms with Crippen LogP contribution in [0.3, 0.4) is 0 Å². The van der Waals surface area contributed by atoms with E-state index in [0.29, 0.717) is 5.92 Å². The van der Waals surface area contributed by atoms with Crippen LogP contribution in [0.25, 0.3) is 6.08 Å². The lowest BCUT2D eigenvalue weighted by Crippen LogP contribution is -2.41. The van der Waals surface area contributed by atoms with Gasteiger partial charge in [0.15, 0.2) is 0 Å². The van der Waals surface area contributed by atoms with Gasteiger partial charge in [-0.25, -0.2) is 0 Å². The summed E-state index contributed by atoms with van der Waals surface area (Å²) in [5.74, 6) is 0.995. The summed E-state index contributed by atoms with van der Waals surface area (Å²) >= 11 is 4.38. The number of hydrogen-bond donors (Lipinski definition) is 1. The molecule has 1 aromatic carbocycles. The van der Waals surface area contributed by atoms with Crippen molar-refractivity contribution in [3.8, 4) is 11.8 Å². The molecule has 0 saturated heterocycles. The van der Waals surface area contributed by atoms with Crippen molar-refractivity contribution in [2.75, 3.05) is 7.11 Å². The number of halogens is 2. The Bertz CT molecular complexity index is 672. The maximum absolute atomic E-state index is 12.5. The number of nitrogens with one attached hydrogen (secondary N) is 1. The van der Waals surface area contributed by atoms with E-state index in [0.717, 1.165) is 37.7 Å². The van der Waals surface area contributed by atoms with Crippen molar-refractivity contribution in [3.05, 3.63) is 30.4 Å². The number of hydrogen-bond acceptors (Lipinski definition) is 3. The molecule has 1 amide bonds. The summed E-state index contributed by atoms with van der Waals surface area (Å²) in [7, 11) is 1.63. The first-order valence-corrected chi connectivity index (χ1v) is 10.1. The molecule has 1 saturated carbocycles. The molecule has 1 fully saturated rings. The van der Waals surface area contributed by atoms with Gasteiger partial charge in [-0.05, 0) is 87.7 Å². The SMILES string of the molecule is COc1c(I)cc(/C=C(\C#N)C(=O)N[C@@H]2CCCC[C@H]2C)cc1I. The van der Waals surface area contributed by atoms with Crippen LogP contribution >= 0.6 is 45.2 Å². The first-order chi connectivity index (χ1) is 11.5. The minimum absolute atomic E-state index is 0.143. The van der Waals surface area contributed by atoms with Crippen LogP contribution in [0.15, 0.2) is 17.7 Å². The highest BCUT2D eigenvalue weighted by molar-refractivity contribution is 14.1. The topological polar surface area (TPSA) is 62.1 Å². The Morgan fingerprint density at radius 3 is 2.50 bits per heavy atom. The molecule has 1 aliphatic rings. The number of carbonyl (C=O) groups excluding carboxylic acids is 1. The zero-order valence-electron chi connectivity index (χ0n) is 13.7. The average molecular weight is 550 g/mol. The van der Waals surface area contributed by atoms with Crippen molar-refractivity contribution >= 4 is 57.2 Å². The number of methoxy groups -OCH3 is 1. The van der Waals surface area contributed by atoms with Crippen LogP contribution in [0.5, 0.6) is 5.75 Å². The lowest BCUT2D eigenvalue weighted by molar-refractivity contribution is -0.118. The number of rotatable bonds is 4. The highest BCUT2D eigenvalue weighted by atomic mass is 127. The molecule has 0 aliphatic heterocycles. The first kappa shape index (κ1) is 19.5. The molecule has 6 heteroatoms. The summed E-state index contributed by atoms with van der Waals surface area (Å²) in [6.45, 7) is 2.16. The second kappa shape index (κ2) is 9.04. The van der Waals surface area contributed by atoms with Crippen molar-refractivity contribution in [1.29, 1.82) is 5.26 Å². The Kier molecular flexibility index (Phi) is 7.34. The fraction of sp³-hybridized carbons (Fsp3) is 0.444. The molecule has 4 nitrogen and oxygen atoms in total. The van der Waals surface area contributed by atoms with Crippen LogP contribution in [0, 0.1) is 24.4 Å². The molecule has 128 valence electrons. The lowest BCUT2D eigenvalue weighted by Gasteiger charge is -2.29. The summed E-state index contributed by atoms with van der Waals surface area (Å²) in [5.41, 5.74) is 0.970. The van der Waals surface area contributed by atoms with Crippen LogP contribution in [-0.4, -0.2) is 19.1 Å². The summed E-state index contributed by atoms with van der Waals surface area (Å²) in [4.78, 5) is 12.5. The molecule has 0 bridgehead atoms. The van der Waals surface area contributed by atoms with Crippen LogP contribution in [0.2, 0.25) is 0 Å². The van der Waals surface area contributed by atoms with Gasteiger partial charge in [0.1, 0.15) is 17.4 Å². The van der Waals surface area contributed by atoms with Crippen LogP contribution in [0.1, 0.15) is 38.2 Å². The maximum atomic E-state index is 12.5. The monoisotopic (exact) mass is 550 g/mol. The number of nitriles is 1. The van der Waals surface area contributed by atoms with Gasteiger partial charge in [-0.2, -0.15) is 5.26 Å². The molecular formula is C18H20I2N2O2. The van der Waals surface area contributed by atoms with E-state index in [1.165, 1.54) is 6.42 Å². The first-order valence-electron chi connectivity index (χ1n) is 7.92. The van der Waals surface area contributed by atoms with Crippen molar-refractivity contribution in [3.63, 3.8) is 0 Å². The van der Waals surface area contributed by atoms with Crippen LogP contribution < -0.4 is 10.1 Å². The van der Waals surface area contributed by atoms with Gasteiger partial charge in [-0.3, -0.25) is 4.79 Å². The molecule has 0 heterocycles. The molecule has 1 aliphatic carbocycles. The Morgan fingerprint density at radius 2 is 1.96 bits per heavy atom. The van der Waals surface area contributed by atoms with Crippen molar-refractivity contribution in [1.82, 2.24) is 5.32 Å². The summed E-state index contributed by atoms with van der Waals surface area (Å²) in [5, 5.41) is 12.4. The highest BCUT2D eigenvalue weighted by Gasteiger charge is 2.24. The van der Waals surface area contributed by atoms with E-state index in [9.17, 15) is 10.1 Å². The number of amides is 1. The van der Waals surface area contributed by atoms with Gasteiger partial charge in [0.05, 0.1) is 14.3 Å². The van der Waals surface area contributed by atoms with Crippen LogP contribution in [-0.2, 0) is 4.79 Å². The normalized spacial score (nSPS) is 21.0. The molecule has 2 atom stereocenters. The molecule has 0 aromatic heterocycles. The third kappa shape index (κ3) is 4.85. The third-order valence-electron chi connectivity index (χ3n) is 4.33. The van der Waals surface area contributed by atoms with E-state index in [4.69, 9.17) is 4.74 Å². The maximum Gasteiger partial charge on any atom is 0.262 e. The summed E-state index contributed by atoms with van der Waals surface area (Å²) in [6, 6.07) is 6.03. The minimum Gasteiger partial charge on any atom is -0.495 e. The molecule has 0 spiro atoms. The molecule has 0 radical (unpaired) electrons. The molecule has 0 unspecified atom stereocenters. The molecule has 2 rings (SSSR count). The van der Waals surface area contributed by atoms with Gasteiger partial charge in [-0.1, -0.05) is 19.8 Å². The Labute approximate surface area is 170 Å². The number of benzene rings is 1. The Hall–Kier alpha value is -0.820. The number of ether oxygens (including phenoxy) is 1. The van der Waals surface area contributed by atoms with Crippen LogP contribution in [0.4, 0.5) is 0 Å². The van der Waals surface area contributed by atoms with E-state index in [1.807, 2.05) is 18.2 Å². The van der Waals surface area contributed by atoms with Crippen molar-refractivity contribution in [2.45, 2.75) is 38.6 Å². The van der Waals surface area contributed by atoms with Gasteiger partial charge < -0.3 is 10.1 Å². The highest BCUT2D eigenvalue weighted by Crippen LogP contribution is 2.29. The van der Waals surface area contributed by atoms with E-state index in [2.05, 4.69) is 57.4 Å². The van der Waals surface area contributed by atoms with E-state index < -0.39 is 0 Å². The fourth-order valence-electron chi connectivity index (χ4n) is 2.95. The predicted molar refractivity (Wildman–Crippen MR) is 112 cm³/mol. The smallest absolute Gasteiger partial charge is 0.262 e. The quantitative estimate of drug-likeness (QED) is 0.341. The number of nitrogens with zero attached hydrogens (tertiary/aromatic N) is 1. The van der Waals surface area contributed by atoms with Gasteiger partial charge >= 0.3 is 0 Å². The zero-order chi connectivity index (χ0) is 17.7. The van der Waals surface area contributed by atoms with Gasteiger partial charge in [-0.15, -0.1) is 0 Å². The Balaban J connectivity index is 2.19. The third-order valence-corrected chi connectivity index (χ3v) is 5.93. The Morgan fingerprint density at radius 1 is 1.33 bits per heavy atom. The molecule has 1 aromatic rings. The second-order valence-electron chi connectivity index (χ2n) is 6.03. The standard InChI is InChI=1S/C18H20I2N2O2/c1-11-5-3-4-6-16(11)22-18(23)13(10-21)7-12-8-14(19)17(24-2)15(20)9-12/h7-9,11,16H,3-6H2,1-2H3,(H,22,23)/b13-7+/t11-,16-/m1/s1. The van der Waals surface area contributed by atoms with E-state index in [-0.39, 0.29) is 17.5 Å². The second-order valence-corrected chi connectivity index (χ2v) is 8.35. The van der Waals surface area contributed by atoms with Crippen molar-refractivity contribution in [2.24, 2.45) is 5.92 Å². The average Bonchev–Trinajstić information content (AvgIpc) is 2.54. The van der Waals surface area contributed by atoms with E-state index >= 15 is 0 Å². The zero-order valence-corrected chi connectivity index (χ0v) is 18.0. The molecule has 24 heavy (non-hydrogen) atoms. The molecular weight excluding hydrogens is 530 g/mol. The molecule has 1 N–H and O–H groups in total. The van der Waals surface area contributed by atoms with Gasteiger partial charge in [0.25, 0.3) is 5.91 Å². The predicted octanol–water partition coefficient (Wildman–Crippen LogP) is 4.51. The number of carbonyl (C=O) groups is 1. The van der Waals surface area contributed by atoms with Gasteiger partial charge in [0.2, 0.25) is 0 Å². The van der Waals surface area contributed by atoms with Gasteiger partial charge in [0, 0.05) is 6.04 Å². The summed E-state index contributed by atoms with van der Waals surface area (Å²) < 4.78 is 7.24. The van der Waals surface area contributed by atoms with Crippen molar-refractivity contribution < 1.29 is 9.53 Å². The largest absolute Gasteiger partial charge is 0.495 e. The van der Waals surface area contributed by atoms with E-state index in [1.54, 1.807) is 13.2 Å². The lowest BCUT2D eigenvalue weighted by atomic mass is 9.86. The fourth-order valence-corrected chi connectivity index (χ4v) is 5.21. The minimum atomic E-state index is -0.280.